The summed E-state index contributed by atoms with van der Waals surface area (Å²) in [6, 6.07) is 21.4. The molecule has 4 unspecified atom stereocenters. The molecule has 7 nitrogen and oxygen atoms in total. The summed E-state index contributed by atoms with van der Waals surface area (Å²) in [5.41, 5.74) is 2.54. The minimum atomic E-state index is -0.551. The third-order valence-corrected chi connectivity index (χ3v) is 7.94. The minimum absolute atomic E-state index is 0.161. The molecule has 0 aliphatic carbocycles. The summed E-state index contributed by atoms with van der Waals surface area (Å²) in [7, 11) is 0. The number of nitrogens with zero attached hydrogens (tertiary/aromatic N) is 2. The van der Waals surface area contributed by atoms with Gasteiger partial charge in [-0.2, -0.15) is 0 Å². The number of aliphatic hydroxyl groups is 2. The van der Waals surface area contributed by atoms with Crippen molar-refractivity contribution in [2.24, 2.45) is 0 Å². The summed E-state index contributed by atoms with van der Waals surface area (Å²) in [5, 5.41) is 18.7. The van der Waals surface area contributed by atoms with Crippen LogP contribution in [0.4, 0.5) is 4.79 Å². The molecule has 2 aliphatic rings. The molecule has 2 fully saturated rings. The smallest absolute Gasteiger partial charge is 0.431 e. The molecule has 0 amide bonds. The zero-order valence-corrected chi connectivity index (χ0v) is 22.5. The van der Waals surface area contributed by atoms with Crippen LogP contribution in [-0.4, -0.2) is 89.9 Å². The van der Waals surface area contributed by atoms with Crippen LogP contribution in [0, 0.1) is 0 Å². The zero-order chi connectivity index (χ0) is 26.6. The van der Waals surface area contributed by atoms with Crippen molar-refractivity contribution in [2.75, 3.05) is 39.4 Å². The molecule has 2 aromatic carbocycles. The van der Waals surface area contributed by atoms with Gasteiger partial charge in [0.25, 0.3) is 0 Å². The van der Waals surface area contributed by atoms with E-state index in [9.17, 15) is 15.0 Å². The van der Waals surface area contributed by atoms with Gasteiger partial charge in [-0.1, -0.05) is 60.7 Å². The standard InChI is InChI=1S/C31H44N2O5/c34-19-7-15-32-17-13-29(23-27(32)21-25-9-3-1-4-10-25)37-31(36)38-30-14-18-33(16-8-20-35)28(24-30)22-26-11-5-2-6-12-26/h1-6,9-12,27-30,34-35H,7-8,13-24H2. The zero-order valence-electron chi connectivity index (χ0n) is 22.5. The Labute approximate surface area is 227 Å². The second-order valence-corrected chi connectivity index (χ2v) is 10.7. The van der Waals surface area contributed by atoms with E-state index in [1.54, 1.807) is 0 Å². The second kappa shape index (κ2) is 15.2. The van der Waals surface area contributed by atoms with E-state index in [1.807, 2.05) is 12.1 Å². The molecule has 2 N–H and O–H groups in total. The molecule has 0 bridgehead atoms. The van der Waals surface area contributed by atoms with Crippen LogP contribution in [0.25, 0.3) is 0 Å². The Morgan fingerprint density at radius 2 is 1.13 bits per heavy atom. The Balaban J connectivity index is 1.31. The lowest BCUT2D eigenvalue weighted by atomic mass is 9.93. The SMILES string of the molecule is O=C(OC1CCN(CCCO)C(Cc2ccccc2)C1)OC1CCN(CCCO)C(Cc2ccccc2)C1. The number of hydrogen-bond donors (Lipinski definition) is 2. The van der Waals surface area contributed by atoms with Gasteiger partial charge in [-0.05, 0) is 49.7 Å². The van der Waals surface area contributed by atoms with Crippen molar-refractivity contribution in [2.45, 2.75) is 75.7 Å². The van der Waals surface area contributed by atoms with Crippen LogP contribution in [0.1, 0.15) is 49.7 Å². The van der Waals surface area contributed by atoms with E-state index in [0.29, 0.717) is 0 Å². The van der Waals surface area contributed by atoms with Gasteiger partial charge in [-0.3, -0.25) is 9.80 Å². The minimum Gasteiger partial charge on any atom is -0.431 e. The van der Waals surface area contributed by atoms with Crippen LogP contribution in [-0.2, 0) is 22.3 Å². The van der Waals surface area contributed by atoms with Crippen LogP contribution < -0.4 is 0 Å². The van der Waals surface area contributed by atoms with E-state index in [0.717, 1.165) is 77.5 Å². The predicted octanol–water partition coefficient (Wildman–Crippen LogP) is 4.06. The fourth-order valence-electron chi connectivity index (χ4n) is 5.97. The van der Waals surface area contributed by atoms with Crippen molar-refractivity contribution < 1.29 is 24.5 Å². The van der Waals surface area contributed by atoms with Crippen molar-refractivity contribution in [1.29, 1.82) is 0 Å². The van der Waals surface area contributed by atoms with Crippen molar-refractivity contribution in [3.05, 3.63) is 71.8 Å². The number of hydrogen-bond acceptors (Lipinski definition) is 7. The van der Waals surface area contributed by atoms with E-state index in [-0.39, 0.29) is 37.5 Å². The highest BCUT2D eigenvalue weighted by atomic mass is 16.7. The van der Waals surface area contributed by atoms with Crippen LogP contribution in [0.2, 0.25) is 0 Å². The molecule has 2 aliphatic heterocycles. The van der Waals surface area contributed by atoms with E-state index in [2.05, 4.69) is 58.3 Å². The average molecular weight is 525 g/mol. The van der Waals surface area contributed by atoms with Gasteiger partial charge in [0.1, 0.15) is 12.2 Å². The maximum Gasteiger partial charge on any atom is 0.508 e. The van der Waals surface area contributed by atoms with Crippen molar-refractivity contribution in [3.8, 4) is 0 Å². The number of ether oxygens (including phenoxy) is 2. The third kappa shape index (κ3) is 8.80. The molecular formula is C31H44N2O5. The molecule has 38 heavy (non-hydrogen) atoms. The Morgan fingerprint density at radius 3 is 1.53 bits per heavy atom. The summed E-state index contributed by atoms with van der Waals surface area (Å²) in [4.78, 5) is 17.7. The van der Waals surface area contributed by atoms with Gasteiger partial charge >= 0.3 is 6.16 Å². The Hall–Kier alpha value is -2.45. The molecule has 208 valence electrons. The van der Waals surface area contributed by atoms with Gasteiger partial charge in [0.2, 0.25) is 0 Å². The highest BCUT2D eigenvalue weighted by Gasteiger charge is 2.34. The molecule has 7 heteroatoms. The van der Waals surface area contributed by atoms with Gasteiger partial charge in [0.05, 0.1) is 0 Å². The van der Waals surface area contributed by atoms with E-state index >= 15 is 0 Å². The van der Waals surface area contributed by atoms with E-state index in [1.165, 1.54) is 11.1 Å². The van der Waals surface area contributed by atoms with Crippen molar-refractivity contribution >= 4 is 6.16 Å². The van der Waals surface area contributed by atoms with E-state index in [4.69, 9.17) is 9.47 Å². The highest BCUT2D eigenvalue weighted by Crippen LogP contribution is 2.27. The molecular weight excluding hydrogens is 480 g/mol. The van der Waals surface area contributed by atoms with E-state index < -0.39 is 6.16 Å². The molecule has 0 radical (unpaired) electrons. The molecule has 2 heterocycles. The average Bonchev–Trinajstić information content (AvgIpc) is 2.93. The fraction of sp³-hybridized carbons (Fsp3) is 0.581. The van der Waals surface area contributed by atoms with Crippen LogP contribution in [0.15, 0.2) is 60.7 Å². The summed E-state index contributed by atoms with van der Waals surface area (Å²) in [6.07, 6.45) is 5.52. The monoisotopic (exact) mass is 524 g/mol. The maximum atomic E-state index is 12.9. The fourth-order valence-corrected chi connectivity index (χ4v) is 5.97. The molecule has 4 rings (SSSR count). The largest absolute Gasteiger partial charge is 0.508 e. The number of rotatable bonds is 12. The lowest BCUT2D eigenvalue weighted by Gasteiger charge is -2.40. The summed E-state index contributed by atoms with van der Waals surface area (Å²) in [5.74, 6) is 0. The van der Waals surface area contributed by atoms with Crippen LogP contribution in [0.3, 0.4) is 0 Å². The van der Waals surface area contributed by atoms with Crippen LogP contribution >= 0.6 is 0 Å². The van der Waals surface area contributed by atoms with Gasteiger partial charge in [-0.15, -0.1) is 0 Å². The first-order valence-electron chi connectivity index (χ1n) is 14.3. The molecule has 4 atom stereocenters. The quantitative estimate of drug-likeness (QED) is 0.405. The third-order valence-electron chi connectivity index (χ3n) is 7.94. The topological polar surface area (TPSA) is 82.5 Å². The maximum absolute atomic E-state index is 12.9. The molecule has 2 saturated heterocycles. The summed E-state index contributed by atoms with van der Waals surface area (Å²) < 4.78 is 11.8. The Morgan fingerprint density at radius 1 is 0.711 bits per heavy atom. The Bertz CT molecular complexity index is 868. The second-order valence-electron chi connectivity index (χ2n) is 10.7. The summed E-state index contributed by atoms with van der Waals surface area (Å²) >= 11 is 0. The number of aliphatic hydroxyl groups excluding tert-OH is 2. The number of carbonyl (C=O) groups excluding carboxylic acids is 1. The number of piperidine rings is 2. The number of likely N-dealkylation sites (tertiary alicyclic amines) is 2. The highest BCUT2D eigenvalue weighted by molar-refractivity contribution is 5.60. The lowest BCUT2D eigenvalue weighted by Crippen LogP contribution is -2.48. The molecule has 0 aromatic heterocycles. The lowest BCUT2D eigenvalue weighted by molar-refractivity contribution is -0.0483. The first kappa shape index (κ1) is 28.6. The summed E-state index contributed by atoms with van der Waals surface area (Å²) in [6.45, 7) is 3.76. The van der Waals surface area contributed by atoms with Crippen LogP contribution in [0.5, 0.6) is 0 Å². The van der Waals surface area contributed by atoms with Crippen molar-refractivity contribution in [3.63, 3.8) is 0 Å². The first-order chi connectivity index (χ1) is 18.6. The predicted molar refractivity (Wildman–Crippen MR) is 148 cm³/mol. The molecule has 0 spiro atoms. The van der Waals surface area contributed by atoms with Gasteiger partial charge in [0.15, 0.2) is 0 Å². The van der Waals surface area contributed by atoms with Gasteiger partial charge in [-0.25, -0.2) is 4.79 Å². The van der Waals surface area contributed by atoms with Gasteiger partial charge in [0, 0.05) is 64.3 Å². The van der Waals surface area contributed by atoms with Crippen molar-refractivity contribution in [1.82, 2.24) is 9.80 Å². The number of carbonyl (C=O) groups is 1. The Kier molecular flexibility index (Phi) is 11.4. The normalized spacial score (nSPS) is 24.7. The van der Waals surface area contributed by atoms with Gasteiger partial charge < -0.3 is 19.7 Å². The number of benzene rings is 2. The molecule has 0 saturated carbocycles. The molecule has 2 aromatic rings. The first-order valence-corrected chi connectivity index (χ1v) is 14.3.